The third-order valence-corrected chi connectivity index (χ3v) is 8.81. The first-order valence-electron chi connectivity index (χ1n) is 12.8. The molecule has 2 aromatic rings. The van der Waals surface area contributed by atoms with Crippen LogP contribution in [0, 0.1) is 0 Å². The van der Waals surface area contributed by atoms with Gasteiger partial charge in [-0.25, -0.2) is 8.42 Å². The molecular formula is C28H37Cl2N3O4S. The highest BCUT2D eigenvalue weighted by atomic mass is 35.5. The molecule has 0 spiro atoms. The van der Waals surface area contributed by atoms with E-state index >= 15 is 0 Å². The molecule has 1 N–H and O–H groups in total. The number of benzene rings is 2. The van der Waals surface area contributed by atoms with Gasteiger partial charge >= 0.3 is 0 Å². The molecule has 1 aliphatic rings. The van der Waals surface area contributed by atoms with Crippen molar-refractivity contribution in [2.75, 3.05) is 17.1 Å². The lowest BCUT2D eigenvalue weighted by Gasteiger charge is -2.32. The van der Waals surface area contributed by atoms with Gasteiger partial charge in [-0.2, -0.15) is 0 Å². The topological polar surface area (TPSA) is 86.8 Å². The average molecular weight is 583 g/mol. The summed E-state index contributed by atoms with van der Waals surface area (Å²) in [7, 11) is -3.82. The van der Waals surface area contributed by atoms with Crippen LogP contribution in [0.5, 0.6) is 0 Å². The zero-order chi connectivity index (χ0) is 28.3. The van der Waals surface area contributed by atoms with E-state index in [1.807, 2.05) is 12.1 Å². The van der Waals surface area contributed by atoms with E-state index in [0.29, 0.717) is 21.3 Å². The molecule has 0 saturated heterocycles. The fourth-order valence-electron chi connectivity index (χ4n) is 4.57. The molecule has 0 radical (unpaired) electrons. The summed E-state index contributed by atoms with van der Waals surface area (Å²) >= 11 is 12.8. The molecule has 208 valence electrons. The number of carbonyl (C=O) groups excluding carboxylic acids is 2. The number of amides is 2. The molecule has 2 aromatic carbocycles. The van der Waals surface area contributed by atoms with E-state index in [1.54, 1.807) is 37.3 Å². The van der Waals surface area contributed by atoms with E-state index in [1.165, 1.54) is 4.90 Å². The molecule has 7 nitrogen and oxygen atoms in total. The molecule has 3 rings (SSSR count). The third-order valence-electron chi connectivity index (χ3n) is 6.96. The number of carbonyl (C=O) groups is 2. The van der Waals surface area contributed by atoms with Gasteiger partial charge < -0.3 is 10.2 Å². The number of sulfonamides is 1. The van der Waals surface area contributed by atoms with Gasteiger partial charge in [0, 0.05) is 28.2 Å². The first-order valence-corrected chi connectivity index (χ1v) is 15.4. The van der Waals surface area contributed by atoms with Crippen LogP contribution in [0.3, 0.4) is 0 Å². The smallest absolute Gasteiger partial charge is 0.244 e. The molecule has 0 bridgehead atoms. The molecular weight excluding hydrogens is 545 g/mol. The van der Waals surface area contributed by atoms with Crippen LogP contribution in [0.2, 0.25) is 10.0 Å². The van der Waals surface area contributed by atoms with Crippen LogP contribution >= 0.6 is 23.2 Å². The average Bonchev–Trinajstić information content (AvgIpc) is 3.33. The molecule has 1 unspecified atom stereocenters. The van der Waals surface area contributed by atoms with Gasteiger partial charge in [0.2, 0.25) is 21.8 Å². The van der Waals surface area contributed by atoms with Crippen LogP contribution in [0.4, 0.5) is 5.69 Å². The molecule has 1 aliphatic carbocycles. The van der Waals surface area contributed by atoms with Crippen LogP contribution in [-0.2, 0) is 31.6 Å². The van der Waals surface area contributed by atoms with E-state index in [0.717, 1.165) is 41.8 Å². The number of hydrogen-bond acceptors (Lipinski definition) is 4. The fraction of sp³-hybridized carbons (Fsp3) is 0.500. The van der Waals surface area contributed by atoms with Crippen LogP contribution < -0.4 is 9.62 Å². The third kappa shape index (κ3) is 7.64. The van der Waals surface area contributed by atoms with Crippen LogP contribution in [0.25, 0.3) is 0 Å². The summed E-state index contributed by atoms with van der Waals surface area (Å²) in [6.45, 7) is 7.31. The summed E-state index contributed by atoms with van der Waals surface area (Å²) in [6.07, 6.45) is 4.96. The predicted octanol–water partition coefficient (Wildman–Crippen LogP) is 5.53. The van der Waals surface area contributed by atoms with Crippen LogP contribution in [-0.4, -0.2) is 50.0 Å². The number of halogens is 2. The van der Waals surface area contributed by atoms with E-state index in [-0.39, 0.29) is 23.9 Å². The highest BCUT2D eigenvalue weighted by Crippen LogP contribution is 2.29. The highest BCUT2D eigenvalue weighted by Gasteiger charge is 2.32. The van der Waals surface area contributed by atoms with Crippen molar-refractivity contribution < 1.29 is 18.0 Å². The van der Waals surface area contributed by atoms with Gasteiger partial charge in [0.25, 0.3) is 0 Å². The largest absolute Gasteiger partial charge is 0.352 e. The lowest BCUT2D eigenvalue weighted by atomic mass is 9.87. The van der Waals surface area contributed by atoms with Gasteiger partial charge in [-0.1, -0.05) is 75.0 Å². The van der Waals surface area contributed by atoms with E-state index in [4.69, 9.17) is 23.2 Å². The molecule has 1 atom stereocenters. The van der Waals surface area contributed by atoms with Crippen molar-refractivity contribution in [1.29, 1.82) is 0 Å². The second-order valence-corrected chi connectivity index (χ2v) is 13.7. The first kappa shape index (κ1) is 30.3. The summed E-state index contributed by atoms with van der Waals surface area (Å²) in [5.74, 6) is -0.839. The van der Waals surface area contributed by atoms with Crippen molar-refractivity contribution >= 4 is 50.7 Å². The summed E-state index contributed by atoms with van der Waals surface area (Å²) in [4.78, 5) is 28.3. The van der Waals surface area contributed by atoms with E-state index in [2.05, 4.69) is 26.1 Å². The van der Waals surface area contributed by atoms with E-state index < -0.39 is 28.5 Å². The van der Waals surface area contributed by atoms with Crippen molar-refractivity contribution in [2.45, 2.75) is 77.4 Å². The van der Waals surface area contributed by atoms with Gasteiger partial charge in [-0.15, -0.1) is 0 Å². The Balaban J connectivity index is 1.93. The summed E-state index contributed by atoms with van der Waals surface area (Å²) in [6, 6.07) is 11.3. The molecule has 1 saturated carbocycles. The Kier molecular flexibility index (Phi) is 9.76. The predicted molar refractivity (Wildman–Crippen MR) is 154 cm³/mol. The lowest BCUT2D eigenvalue weighted by molar-refractivity contribution is -0.139. The Morgan fingerprint density at radius 3 is 2.08 bits per heavy atom. The van der Waals surface area contributed by atoms with Crippen LogP contribution in [0.1, 0.15) is 64.5 Å². The van der Waals surface area contributed by atoms with Crippen molar-refractivity contribution in [1.82, 2.24) is 10.2 Å². The number of nitrogens with zero attached hydrogens (tertiary/aromatic N) is 2. The van der Waals surface area contributed by atoms with Gasteiger partial charge in [-0.05, 0) is 55.0 Å². The monoisotopic (exact) mass is 581 g/mol. The molecule has 2 amide bonds. The summed E-state index contributed by atoms with van der Waals surface area (Å²) in [5.41, 5.74) is 1.78. The standard InChI is InChI=1S/C28H37Cl2N3O4S/c1-19(27(35)31-21-9-6-7-10-21)32(17-23-24(29)11-8-12-25(23)30)26(34)18-33(38(5,36)37)22-15-13-20(14-16-22)28(2,3)4/h8,11-16,19,21H,6-7,9-10,17-18H2,1-5H3,(H,31,35). The van der Waals surface area contributed by atoms with Crippen molar-refractivity contribution in [2.24, 2.45) is 0 Å². The zero-order valence-corrected chi connectivity index (χ0v) is 25.0. The SMILES string of the molecule is CC(C(=O)NC1CCCC1)N(Cc1c(Cl)cccc1Cl)C(=O)CN(c1ccc(C(C)(C)C)cc1)S(C)(=O)=O. The number of rotatable bonds is 9. The Bertz CT molecular complexity index is 1230. The second-order valence-electron chi connectivity index (χ2n) is 11.0. The second kappa shape index (κ2) is 12.3. The number of nitrogens with one attached hydrogen (secondary N) is 1. The lowest BCUT2D eigenvalue weighted by Crippen LogP contribution is -2.52. The maximum Gasteiger partial charge on any atom is 0.244 e. The van der Waals surface area contributed by atoms with Crippen LogP contribution in [0.15, 0.2) is 42.5 Å². The summed E-state index contributed by atoms with van der Waals surface area (Å²) < 4.78 is 26.7. The van der Waals surface area contributed by atoms with E-state index in [9.17, 15) is 18.0 Å². The summed E-state index contributed by atoms with van der Waals surface area (Å²) in [5, 5.41) is 3.75. The molecule has 0 heterocycles. The molecule has 0 aromatic heterocycles. The van der Waals surface area contributed by atoms with Gasteiger partial charge in [0.15, 0.2) is 0 Å². The minimum absolute atomic E-state index is 0.0445. The Labute approximate surface area is 236 Å². The Hall–Kier alpha value is -2.29. The number of anilines is 1. The van der Waals surface area contributed by atoms with Gasteiger partial charge in [0.1, 0.15) is 12.6 Å². The highest BCUT2D eigenvalue weighted by molar-refractivity contribution is 7.92. The quantitative estimate of drug-likeness (QED) is 0.421. The Morgan fingerprint density at radius 1 is 1.03 bits per heavy atom. The normalized spacial score (nSPS) is 15.2. The fourth-order valence-corrected chi connectivity index (χ4v) is 5.94. The minimum atomic E-state index is -3.82. The first-order chi connectivity index (χ1) is 17.7. The van der Waals surface area contributed by atoms with Gasteiger partial charge in [-0.3, -0.25) is 13.9 Å². The van der Waals surface area contributed by atoms with Crippen molar-refractivity contribution in [3.05, 3.63) is 63.6 Å². The molecule has 10 heteroatoms. The molecule has 1 fully saturated rings. The Morgan fingerprint density at radius 2 is 1.58 bits per heavy atom. The maximum atomic E-state index is 13.8. The van der Waals surface area contributed by atoms with Gasteiger partial charge in [0.05, 0.1) is 11.9 Å². The number of hydrogen-bond donors (Lipinski definition) is 1. The minimum Gasteiger partial charge on any atom is -0.352 e. The zero-order valence-electron chi connectivity index (χ0n) is 22.6. The maximum absolute atomic E-state index is 13.8. The molecule has 38 heavy (non-hydrogen) atoms. The van der Waals surface area contributed by atoms with Crippen molar-refractivity contribution in [3.63, 3.8) is 0 Å². The van der Waals surface area contributed by atoms with Crippen molar-refractivity contribution in [3.8, 4) is 0 Å². The molecule has 0 aliphatic heterocycles.